The van der Waals surface area contributed by atoms with Gasteiger partial charge in [0.1, 0.15) is 0 Å². The van der Waals surface area contributed by atoms with E-state index in [-0.39, 0.29) is 30.0 Å². The molecule has 2 amide bonds. The number of hydrogen-bond donors (Lipinski definition) is 1. The first kappa shape index (κ1) is 26.4. The molecule has 0 atom stereocenters. The summed E-state index contributed by atoms with van der Waals surface area (Å²) in [7, 11) is -0.614. The molecule has 0 unspecified atom stereocenters. The van der Waals surface area contributed by atoms with Crippen molar-refractivity contribution >= 4 is 21.6 Å². The number of carbonyl (C=O) groups excluding carboxylic acids is 1. The van der Waals surface area contributed by atoms with Crippen LogP contribution in [-0.2, 0) is 38.2 Å². The summed E-state index contributed by atoms with van der Waals surface area (Å²) >= 11 is 0. The second-order valence-corrected chi connectivity index (χ2v) is 10.0. The van der Waals surface area contributed by atoms with E-state index in [0.717, 1.165) is 5.56 Å². The van der Waals surface area contributed by atoms with Gasteiger partial charge in [-0.2, -0.15) is 0 Å². The molecular weight excluding hydrogens is 468 g/mol. The maximum absolute atomic E-state index is 13.2. The standard InChI is InChI=1S/C25H32N4O5S/c1-20-9-11-22(12-10-20)27-24(30)28(13-15-33-2)18-23-17-26-25(29(23)14-16-34-3)35(31,32)19-21-7-5-4-6-8-21/h4-12,17H,13-16,18-19H2,1-3H3,(H,27,30). The summed E-state index contributed by atoms with van der Waals surface area (Å²) in [5.41, 5.74) is 3.02. The zero-order valence-corrected chi connectivity index (χ0v) is 21.1. The SMILES string of the molecule is COCCN(Cc1cnc(S(=O)(=O)Cc2ccccc2)n1CCOC)C(=O)Nc1ccc(C)cc1. The number of nitrogens with one attached hydrogen (secondary N) is 1. The molecule has 35 heavy (non-hydrogen) atoms. The molecule has 0 saturated carbocycles. The largest absolute Gasteiger partial charge is 0.383 e. The highest BCUT2D eigenvalue weighted by atomic mass is 32.2. The third kappa shape index (κ3) is 7.38. The first-order chi connectivity index (χ1) is 16.8. The Labute approximate surface area is 206 Å². The Kier molecular flexibility index (Phi) is 9.41. The molecule has 2 aromatic carbocycles. The van der Waals surface area contributed by atoms with Crippen molar-refractivity contribution in [1.82, 2.24) is 14.5 Å². The molecule has 0 aliphatic heterocycles. The quantitative estimate of drug-likeness (QED) is 0.408. The molecule has 3 aromatic rings. The van der Waals surface area contributed by atoms with Crippen molar-refractivity contribution in [2.24, 2.45) is 0 Å². The lowest BCUT2D eigenvalue weighted by molar-refractivity contribution is 0.150. The molecule has 0 radical (unpaired) electrons. The molecule has 1 N–H and O–H groups in total. The highest BCUT2D eigenvalue weighted by molar-refractivity contribution is 7.90. The molecule has 9 nitrogen and oxygen atoms in total. The van der Waals surface area contributed by atoms with Crippen LogP contribution >= 0.6 is 0 Å². The third-order valence-corrected chi connectivity index (χ3v) is 7.00. The highest BCUT2D eigenvalue weighted by Gasteiger charge is 2.25. The number of benzene rings is 2. The Balaban J connectivity index is 1.86. The Hall–Kier alpha value is -3.21. The van der Waals surface area contributed by atoms with Crippen molar-refractivity contribution in [3.05, 3.63) is 77.6 Å². The van der Waals surface area contributed by atoms with Crippen LogP contribution in [0.15, 0.2) is 66.0 Å². The normalized spacial score (nSPS) is 11.4. The van der Waals surface area contributed by atoms with Crippen LogP contribution in [0.4, 0.5) is 10.5 Å². The number of methoxy groups -OCH3 is 2. The van der Waals surface area contributed by atoms with Crippen molar-refractivity contribution in [3.63, 3.8) is 0 Å². The molecular formula is C25H32N4O5S. The fraction of sp³-hybridized carbons (Fsp3) is 0.360. The van der Waals surface area contributed by atoms with Crippen molar-refractivity contribution < 1.29 is 22.7 Å². The minimum absolute atomic E-state index is 0.0426. The molecule has 0 saturated heterocycles. The van der Waals surface area contributed by atoms with Crippen molar-refractivity contribution in [3.8, 4) is 0 Å². The van der Waals surface area contributed by atoms with Gasteiger partial charge in [0.25, 0.3) is 0 Å². The molecule has 0 bridgehead atoms. The molecule has 0 aliphatic rings. The molecule has 0 aliphatic carbocycles. The lowest BCUT2D eigenvalue weighted by Crippen LogP contribution is -2.37. The van der Waals surface area contributed by atoms with Crippen LogP contribution in [-0.4, -0.2) is 62.9 Å². The summed E-state index contributed by atoms with van der Waals surface area (Å²) in [6, 6.07) is 16.1. The maximum Gasteiger partial charge on any atom is 0.322 e. The average Bonchev–Trinajstić information content (AvgIpc) is 3.25. The minimum Gasteiger partial charge on any atom is -0.383 e. The summed E-state index contributed by atoms with van der Waals surface area (Å²) in [6.07, 6.45) is 1.51. The van der Waals surface area contributed by atoms with Crippen LogP contribution in [0, 0.1) is 6.92 Å². The number of urea groups is 1. The summed E-state index contributed by atoms with van der Waals surface area (Å²) in [4.78, 5) is 18.9. The van der Waals surface area contributed by atoms with Gasteiger partial charge in [-0.15, -0.1) is 0 Å². The molecule has 3 rings (SSSR count). The molecule has 10 heteroatoms. The van der Waals surface area contributed by atoms with E-state index in [1.54, 1.807) is 48.0 Å². The topological polar surface area (TPSA) is 103 Å². The molecule has 0 spiro atoms. The molecule has 0 fully saturated rings. The van der Waals surface area contributed by atoms with Crippen LogP contribution in [0.3, 0.4) is 0 Å². The van der Waals surface area contributed by atoms with Gasteiger partial charge < -0.3 is 24.3 Å². The van der Waals surface area contributed by atoms with Crippen LogP contribution in [0.1, 0.15) is 16.8 Å². The van der Waals surface area contributed by atoms with Gasteiger partial charge in [0, 0.05) is 33.0 Å². The summed E-state index contributed by atoms with van der Waals surface area (Å²) < 4.78 is 38.4. The number of imidazole rings is 1. The van der Waals surface area contributed by atoms with Gasteiger partial charge in [0.2, 0.25) is 15.0 Å². The number of hydrogen-bond acceptors (Lipinski definition) is 6. The van der Waals surface area contributed by atoms with Crippen molar-refractivity contribution in [2.45, 2.75) is 30.9 Å². The number of aryl methyl sites for hydroxylation is 1. The van der Waals surface area contributed by atoms with Crippen LogP contribution in [0.5, 0.6) is 0 Å². The fourth-order valence-corrected chi connectivity index (χ4v) is 5.05. The van der Waals surface area contributed by atoms with Gasteiger partial charge in [-0.1, -0.05) is 48.0 Å². The number of ether oxygens (including phenoxy) is 2. The van der Waals surface area contributed by atoms with E-state index >= 15 is 0 Å². The number of rotatable bonds is 12. The van der Waals surface area contributed by atoms with Crippen molar-refractivity contribution in [1.29, 1.82) is 0 Å². The number of aromatic nitrogens is 2. The minimum atomic E-state index is -3.73. The second kappa shape index (κ2) is 12.5. The fourth-order valence-electron chi connectivity index (χ4n) is 3.54. The van der Waals surface area contributed by atoms with E-state index in [1.807, 2.05) is 37.3 Å². The van der Waals surface area contributed by atoms with E-state index in [9.17, 15) is 13.2 Å². The van der Waals surface area contributed by atoms with Gasteiger partial charge in [0.05, 0.1) is 37.4 Å². The molecule has 188 valence electrons. The predicted molar refractivity (Wildman–Crippen MR) is 134 cm³/mol. The van der Waals surface area contributed by atoms with E-state index < -0.39 is 9.84 Å². The van der Waals surface area contributed by atoms with E-state index in [0.29, 0.717) is 36.7 Å². The number of amides is 2. The van der Waals surface area contributed by atoms with Crippen LogP contribution < -0.4 is 5.32 Å². The Bertz CT molecular complexity index is 1190. The maximum atomic E-state index is 13.2. The van der Waals surface area contributed by atoms with Gasteiger partial charge in [-0.05, 0) is 24.6 Å². The van der Waals surface area contributed by atoms with Gasteiger partial charge in [-0.25, -0.2) is 18.2 Å². The number of sulfone groups is 1. The van der Waals surface area contributed by atoms with Gasteiger partial charge in [0.15, 0.2) is 0 Å². The van der Waals surface area contributed by atoms with Crippen LogP contribution in [0.25, 0.3) is 0 Å². The Morgan fingerprint density at radius 1 is 1.03 bits per heavy atom. The monoisotopic (exact) mass is 500 g/mol. The smallest absolute Gasteiger partial charge is 0.322 e. The number of anilines is 1. The summed E-state index contributed by atoms with van der Waals surface area (Å²) in [5, 5.41) is 2.85. The zero-order chi connectivity index (χ0) is 25.3. The van der Waals surface area contributed by atoms with Gasteiger partial charge in [-0.3, -0.25) is 0 Å². The molecule has 1 heterocycles. The average molecular weight is 501 g/mol. The Morgan fingerprint density at radius 3 is 2.37 bits per heavy atom. The molecule has 1 aromatic heterocycles. The number of carbonyl (C=O) groups is 1. The van der Waals surface area contributed by atoms with E-state index in [2.05, 4.69) is 10.3 Å². The summed E-state index contributed by atoms with van der Waals surface area (Å²) in [6.45, 7) is 3.35. The number of nitrogens with zero attached hydrogens (tertiary/aromatic N) is 3. The first-order valence-corrected chi connectivity index (χ1v) is 12.9. The Morgan fingerprint density at radius 2 is 1.71 bits per heavy atom. The zero-order valence-electron chi connectivity index (χ0n) is 20.3. The predicted octanol–water partition coefficient (Wildman–Crippen LogP) is 3.49. The first-order valence-electron chi connectivity index (χ1n) is 11.3. The van der Waals surface area contributed by atoms with Gasteiger partial charge >= 0.3 is 6.03 Å². The lowest BCUT2D eigenvalue weighted by Gasteiger charge is -2.24. The lowest BCUT2D eigenvalue weighted by atomic mass is 10.2. The third-order valence-electron chi connectivity index (χ3n) is 5.41. The van der Waals surface area contributed by atoms with Crippen LogP contribution in [0.2, 0.25) is 0 Å². The van der Waals surface area contributed by atoms with Crippen molar-refractivity contribution in [2.75, 3.05) is 39.3 Å². The second-order valence-electron chi connectivity index (χ2n) is 8.13. The summed E-state index contributed by atoms with van der Waals surface area (Å²) in [5.74, 6) is -0.168. The van der Waals surface area contributed by atoms with E-state index in [1.165, 1.54) is 6.20 Å². The highest BCUT2D eigenvalue weighted by Crippen LogP contribution is 2.19. The van der Waals surface area contributed by atoms with E-state index in [4.69, 9.17) is 9.47 Å².